The summed E-state index contributed by atoms with van der Waals surface area (Å²) in [6.45, 7) is 1.57. The number of nitrogens with two attached hydrogens (primary N) is 1. The summed E-state index contributed by atoms with van der Waals surface area (Å²) in [6, 6.07) is 0.104. The fraction of sp³-hybridized carbons (Fsp3) is 0.909. The fourth-order valence-corrected chi connectivity index (χ4v) is 2.13. The van der Waals surface area contributed by atoms with Crippen molar-refractivity contribution in [2.75, 3.05) is 20.2 Å². The van der Waals surface area contributed by atoms with Crippen LogP contribution < -0.4 is 5.73 Å². The third kappa shape index (κ3) is 2.69. The molecule has 0 spiro atoms. The Balaban J connectivity index is 1.75. The first-order valence-electron chi connectivity index (χ1n) is 5.80. The van der Waals surface area contributed by atoms with Crippen LogP contribution in [0.2, 0.25) is 0 Å². The lowest BCUT2D eigenvalue weighted by molar-refractivity contribution is -0.133. The van der Waals surface area contributed by atoms with Crippen molar-refractivity contribution in [2.45, 2.75) is 37.8 Å². The number of carbonyl (C=O) groups is 1. The molecule has 3 atom stereocenters. The molecule has 1 heterocycles. The van der Waals surface area contributed by atoms with E-state index in [1.54, 1.807) is 4.90 Å². The number of amides is 1. The van der Waals surface area contributed by atoms with Crippen LogP contribution in [0, 0.1) is 5.92 Å². The second-order valence-electron chi connectivity index (χ2n) is 4.71. The van der Waals surface area contributed by atoms with Crippen molar-refractivity contribution in [1.29, 1.82) is 0 Å². The second-order valence-corrected chi connectivity index (χ2v) is 4.71. The van der Waals surface area contributed by atoms with Gasteiger partial charge in [-0.1, -0.05) is 0 Å². The summed E-state index contributed by atoms with van der Waals surface area (Å²) in [5.41, 5.74) is 5.66. The van der Waals surface area contributed by atoms with Crippen molar-refractivity contribution < 1.29 is 9.53 Å². The van der Waals surface area contributed by atoms with Crippen molar-refractivity contribution in [3.8, 4) is 0 Å². The Morgan fingerprint density at radius 2 is 2.27 bits per heavy atom. The highest BCUT2D eigenvalue weighted by molar-refractivity contribution is 5.82. The molecule has 2 N–H and O–H groups in total. The summed E-state index contributed by atoms with van der Waals surface area (Å²) < 4.78 is 5.60. The van der Waals surface area contributed by atoms with Crippen LogP contribution in [0.15, 0.2) is 0 Å². The Morgan fingerprint density at radius 1 is 1.53 bits per heavy atom. The van der Waals surface area contributed by atoms with Gasteiger partial charge in [-0.25, -0.2) is 0 Å². The smallest absolute Gasteiger partial charge is 0.227 e. The summed E-state index contributed by atoms with van der Waals surface area (Å²) in [7, 11) is 1.85. The Kier molecular flexibility index (Phi) is 3.26. The van der Waals surface area contributed by atoms with E-state index in [9.17, 15) is 4.79 Å². The average molecular weight is 212 g/mol. The topological polar surface area (TPSA) is 55.6 Å². The zero-order chi connectivity index (χ0) is 10.8. The second kappa shape index (κ2) is 4.49. The summed E-state index contributed by atoms with van der Waals surface area (Å²) in [5, 5.41) is 0. The van der Waals surface area contributed by atoms with Crippen LogP contribution in [0.3, 0.4) is 0 Å². The molecule has 86 valence electrons. The first kappa shape index (κ1) is 10.9. The van der Waals surface area contributed by atoms with Crippen LogP contribution in [0.1, 0.15) is 25.7 Å². The predicted molar refractivity (Wildman–Crippen MR) is 57.3 cm³/mol. The molecule has 1 aliphatic heterocycles. The quantitative estimate of drug-likeness (QED) is 0.735. The summed E-state index contributed by atoms with van der Waals surface area (Å²) >= 11 is 0. The van der Waals surface area contributed by atoms with Crippen LogP contribution in [0.5, 0.6) is 0 Å². The van der Waals surface area contributed by atoms with E-state index >= 15 is 0 Å². The molecule has 0 radical (unpaired) electrons. The molecular formula is C11H20N2O2. The monoisotopic (exact) mass is 212 g/mol. The van der Waals surface area contributed by atoms with Gasteiger partial charge in [-0.05, 0) is 25.7 Å². The maximum atomic E-state index is 11.8. The van der Waals surface area contributed by atoms with Gasteiger partial charge in [0.2, 0.25) is 5.91 Å². The van der Waals surface area contributed by atoms with Gasteiger partial charge in [0.1, 0.15) is 0 Å². The van der Waals surface area contributed by atoms with Gasteiger partial charge in [-0.2, -0.15) is 0 Å². The van der Waals surface area contributed by atoms with Gasteiger partial charge >= 0.3 is 0 Å². The molecule has 15 heavy (non-hydrogen) atoms. The van der Waals surface area contributed by atoms with Crippen LogP contribution in [0.25, 0.3) is 0 Å². The molecule has 0 aromatic carbocycles. The van der Waals surface area contributed by atoms with E-state index in [0.717, 1.165) is 32.4 Å². The molecule has 4 heteroatoms. The fourth-order valence-electron chi connectivity index (χ4n) is 2.13. The molecule has 2 rings (SSSR count). The Bertz CT molecular complexity index is 239. The van der Waals surface area contributed by atoms with Gasteiger partial charge in [0, 0.05) is 26.2 Å². The number of nitrogens with zero attached hydrogens (tertiary/aromatic N) is 1. The lowest BCUT2D eigenvalue weighted by Gasteiger charge is -2.27. The lowest BCUT2D eigenvalue weighted by Crippen LogP contribution is -2.38. The van der Waals surface area contributed by atoms with Crippen LogP contribution >= 0.6 is 0 Å². The van der Waals surface area contributed by atoms with Gasteiger partial charge in [0.25, 0.3) is 0 Å². The van der Waals surface area contributed by atoms with Gasteiger partial charge in [-0.15, -0.1) is 0 Å². The maximum absolute atomic E-state index is 11.8. The number of carbonyl (C=O) groups excluding carboxylic acids is 1. The van der Waals surface area contributed by atoms with E-state index in [4.69, 9.17) is 10.5 Å². The van der Waals surface area contributed by atoms with E-state index in [1.165, 1.54) is 6.42 Å². The minimum Gasteiger partial charge on any atom is -0.376 e. The van der Waals surface area contributed by atoms with Crippen molar-refractivity contribution in [3.63, 3.8) is 0 Å². The van der Waals surface area contributed by atoms with E-state index in [-0.39, 0.29) is 24.0 Å². The zero-order valence-electron chi connectivity index (χ0n) is 9.32. The largest absolute Gasteiger partial charge is 0.376 e. The van der Waals surface area contributed by atoms with Gasteiger partial charge in [-0.3, -0.25) is 4.79 Å². The standard InChI is InChI=1S/C11H20N2O2/c1-13(11(14)9-6-10(9)12)7-8-4-2-3-5-15-8/h8-10H,2-7,12H2,1H3. The highest BCUT2D eigenvalue weighted by atomic mass is 16.5. The van der Waals surface area contributed by atoms with Gasteiger partial charge in [0.05, 0.1) is 12.0 Å². The number of hydrogen-bond donors (Lipinski definition) is 1. The molecule has 2 aliphatic rings. The molecule has 4 nitrogen and oxygen atoms in total. The van der Waals surface area contributed by atoms with Crippen LogP contribution in [0.4, 0.5) is 0 Å². The molecule has 1 amide bonds. The van der Waals surface area contributed by atoms with Crippen molar-refractivity contribution >= 4 is 5.91 Å². The lowest BCUT2D eigenvalue weighted by atomic mass is 10.1. The van der Waals surface area contributed by atoms with Gasteiger partial charge < -0.3 is 15.4 Å². The van der Waals surface area contributed by atoms with Crippen molar-refractivity contribution in [1.82, 2.24) is 4.90 Å². The first-order valence-corrected chi connectivity index (χ1v) is 5.80. The van der Waals surface area contributed by atoms with Crippen molar-refractivity contribution in [2.24, 2.45) is 11.7 Å². The Labute approximate surface area is 90.8 Å². The van der Waals surface area contributed by atoms with E-state index in [2.05, 4.69) is 0 Å². The van der Waals surface area contributed by atoms with E-state index in [0.29, 0.717) is 0 Å². The average Bonchev–Trinajstić information content (AvgIpc) is 2.96. The maximum Gasteiger partial charge on any atom is 0.227 e. The number of likely N-dealkylation sites (N-methyl/N-ethyl adjacent to an activating group) is 1. The SMILES string of the molecule is CN(CC1CCCCO1)C(=O)C1CC1N. The van der Waals surface area contributed by atoms with E-state index < -0.39 is 0 Å². The van der Waals surface area contributed by atoms with E-state index in [1.807, 2.05) is 7.05 Å². The molecule has 1 saturated heterocycles. The van der Waals surface area contributed by atoms with Crippen molar-refractivity contribution in [3.05, 3.63) is 0 Å². The first-order chi connectivity index (χ1) is 7.18. The number of ether oxygens (including phenoxy) is 1. The minimum atomic E-state index is 0.0820. The molecule has 1 saturated carbocycles. The molecule has 0 bridgehead atoms. The summed E-state index contributed by atoms with van der Waals surface area (Å²) in [5.74, 6) is 0.273. The van der Waals surface area contributed by atoms with Crippen LogP contribution in [-0.4, -0.2) is 43.2 Å². The zero-order valence-corrected chi connectivity index (χ0v) is 9.32. The highest BCUT2D eigenvalue weighted by Gasteiger charge is 2.41. The molecule has 0 aromatic heterocycles. The Morgan fingerprint density at radius 3 is 2.80 bits per heavy atom. The molecule has 2 fully saturated rings. The number of rotatable bonds is 3. The highest BCUT2D eigenvalue weighted by Crippen LogP contribution is 2.29. The van der Waals surface area contributed by atoms with Crippen LogP contribution in [-0.2, 0) is 9.53 Å². The summed E-state index contributed by atoms with van der Waals surface area (Å²) in [4.78, 5) is 13.6. The minimum absolute atomic E-state index is 0.0820. The Hall–Kier alpha value is -0.610. The third-order valence-corrected chi connectivity index (χ3v) is 3.28. The third-order valence-electron chi connectivity index (χ3n) is 3.28. The predicted octanol–water partition coefficient (Wildman–Crippen LogP) is 0.361. The van der Waals surface area contributed by atoms with Gasteiger partial charge in [0.15, 0.2) is 0 Å². The normalized spacial score (nSPS) is 34.9. The molecule has 1 aliphatic carbocycles. The molecule has 3 unspecified atom stereocenters. The number of hydrogen-bond acceptors (Lipinski definition) is 3. The molecular weight excluding hydrogens is 192 g/mol. The summed E-state index contributed by atoms with van der Waals surface area (Å²) in [6.07, 6.45) is 4.54. The molecule has 0 aromatic rings.